The number of fused-ring (bicyclic) bond motifs is 1. The molecule has 1 aliphatic rings. The standard InChI is InChI=1S/C14H14ClIN5OPS/c1-8-7-22-5-4-20(8)11-6-9(15)14-13(18-11)12(19-24-14)10-2-3-17-21(10)23-16/h2-3,6,8,23H,4-5,7H2,1H3/t8-/m1/s1. The number of rotatable bonds is 3. The average molecular weight is 494 g/mol. The smallest absolute Gasteiger partial charge is 0.131 e. The molecular weight excluding hydrogens is 480 g/mol. The number of halogens is 2. The van der Waals surface area contributed by atoms with Crippen LogP contribution in [-0.4, -0.2) is 44.7 Å². The van der Waals surface area contributed by atoms with E-state index in [9.17, 15) is 0 Å². The Morgan fingerprint density at radius 3 is 3.17 bits per heavy atom. The molecule has 6 nitrogen and oxygen atoms in total. The zero-order valence-electron chi connectivity index (χ0n) is 12.7. The van der Waals surface area contributed by atoms with Crippen LogP contribution >= 0.6 is 51.5 Å². The number of morpholine rings is 1. The molecule has 1 fully saturated rings. The fraction of sp³-hybridized carbons (Fsp3) is 0.357. The first-order valence-electron chi connectivity index (χ1n) is 7.40. The highest BCUT2D eigenvalue weighted by Crippen LogP contribution is 2.38. The summed E-state index contributed by atoms with van der Waals surface area (Å²) in [6, 6.07) is 4.18. The maximum absolute atomic E-state index is 6.53. The molecule has 4 rings (SSSR count). The maximum atomic E-state index is 6.53. The summed E-state index contributed by atoms with van der Waals surface area (Å²) >= 11 is 10.2. The Labute approximate surface area is 163 Å². The Morgan fingerprint density at radius 1 is 1.50 bits per heavy atom. The van der Waals surface area contributed by atoms with Crippen LogP contribution in [0.25, 0.3) is 21.6 Å². The third-order valence-corrected chi connectivity index (χ3v) is 7.16. The number of hydrogen-bond donors (Lipinski definition) is 0. The van der Waals surface area contributed by atoms with Crippen LogP contribution in [0.4, 0.5) is 5.82 Å². The molecule has 0 amide bonds. The van der Waals surface area contributed by atoms with Crippen molar-refractivity contribution in [1.82, 2.24) is 18.9 Å². The van der Waals surface area contributed by atoms with Gasteiger partial charge in [0.1, 0.15) is 17.0 Å². The first-order chi connectivity index (χ1) is 11.7. The minimum atomic E-state index is 0.274. The van der Waals surface area contributed by atoms with E-state index in [-0.39, 0.29) is 6.04 Å². The van der Waals surface area contributed by atoms with Crippen LogP contribution in [-0.2, 0) is 4.74 Å². The van der Waals surface area contributed by atoms with Crippen molar-refractivity contribution in [2.24, 2.45) is 0 Å². The van der Waals surface area contributed by atoms with Gasteiger partial charge in [-0.25, -0.2) is 9.44 Å². The molecular formula is C14H14ClIN5OPS. The van der Waals surface area contributed by atoms with Gasteiger partial charge in [0.05, 0.1) is 41.0 Å². The van der Waals surface area contributed by atoms with E-state index in [0.29, 0.717) is 24.6 Å². The highest BCUT2D eigenvalue weighted by molar-refractivity contribution is 14.2. The van der Waals surface area contributed by atoms with Gasteiger partial charge in [-0.15, -0.1) is 0 Å². The molecule has 1 saturated heterocycles. The van der Waals surface area contributed by atoms with Gasteiger partial charge in [0.15, 0.2) is 0 Å². The molecule has 4 heterocycles. The van der Waals surface area contributed by atoms with Gasteiger partial charge in [-0.2, -0.15) is 9.47 Å². The molecule has 0 N–H and O–H groups in total. The second-order valence-corrected chi connectivity index (χ2v) is 8.72. The lowest BCUT2D eigenvalue weighted by atomic mass is 10.2. The van der Waals surface area contributed by atoms with Crippen molar-refractivity contribution < 1.29 is 4.74 Å². The fourth-order valence-electron chi connectivity index (χ4n) is 2.80. The van der Waals surface area contributed by atoms with E-state index in [1.807, 2.05) is 16.6 Å². The first kappa shape index (κ1) is 16.9. The van der Waals surface area contributed by atoms with Crippen molar-refractivity contribution in [3.8, 4) is 11.4 Å². The van der Waals surface area contributed by atoms with Crippen LogP contribution in [0.2, 0.25) is 5.02 Å². The molecule has 0 aliphatic carbocycles. The van der Waals surface area contributed by atoms with Gasteiger partial charge in [-0.05, 0) is 46.6 Å². The third-order valence-electron chi connectivity index (χ3n) is 3.99. The Balaban J connectivity index is 1.86. The van der Waals surface area contributed by atoms with Crippen molar-refractivity contribution in [3.05, 3.63) is 23.4 Å². The summed E-state index contributed by atoms with van der Waals surface area (Å²) in [6.07, 6.45) is 2.30. The van der Waals surface area contributed by atoms with Crippen molar-refractivity contribution >= 4 is 67.6 Å². The third kappa shape index (κ3) is 2.92. The number of ether oxygens (including phenoxy) is 1. The predicted octanol–water partition coefficient (Wildman–Crippen LogP) is 4.22. The lowest BCUT2D eigenvalue weighted by molar-refractivity contribution is 0.0986. The second-order valence-electron chi connectivity index (χ2n) is 5.50. The highest BCUT2D eigenvalue weighted by atomic mass is 127. The van der Waals surface area contributed by atoms with Gasteiger partial charge in [0, 0.05) is 18.8 Å². The molecule has 2 atom stereocenters. The molecule has 3 aromatic heterocycles. The van der Waals surface area contributed by atoms with Crippen molar-refractivity contribution in [1.29, 1.82) is 0 Å². The summed E-state index contributed by atoms with van der Waals surface area (Å²) in [7, 11) is 0. The first-order valence-corrected chi connectivity index (χ1v) is 12.6. The Morgan fingerprint density at radius 2 is 2.38 bits per heavy atom. The molecule has 0 spiro atoms. The summed E-state index contributed by atoms with van der Waals surface area (Å²) in [5.41, 5.74) is 2.67. The Kier molecular flexibility index (Phi) is 4.93. The lowest BCUT2D eigenvalue weighted by Gasteiger charge is -2.34. The summed E-state index contributed by atoms with van der Waals surface area (Å²) in [5.74, 6) is 0.882. The van der Waals surface area contributed by atoms with Gasteiger partial charge < -0.3 is 9.64 Å². The van der Waals surface area contributed by atoms with E-state index in [4.69, 9.17) is 21.3 Å². The summed E-state index contributed by atoms with van der Waals surface area (Å²) in [4.78, 5) is 7.14. The zero-order valence-corrected chi connectivity index (χ0v) is 17.5. The van der Waals surface area contributed by atoms with Crippen LogP contribution in [0.3, 0.4) is 0 Å². The van der Waals surface area contributed by atoms with Crippen molar-refractivity contribution in [2.75, 3.05) is 24.7 Å². The van der Waals surface area contributed by atoms with Gasteiger partial charge in [-0.1, -0.05) is 11.6 Å². The number of anilines is 1. The van der Waals surface area contributed by atoms with Crippen molar-refractivity contribution in [3.63, 3.8) is 0 Å². The summed E-state index contributed by atoms with van der Waals surface area (Å²) in [6.45, 7) is 4.36. The largest absolute Gasteiger partial charge is 0.377 e. The van der Waals surface area contributed by atoms with Crippen LogP contribution < -0.4 is 4.90 Å². The lowest BCUT2D eigenvalue weighted by Crippen LogP contribution is -2.44. The van der Waals surface area contributed by atoms with Crippen LogP contribution in [0.15, 0.2) is 18.3 Å². The number of nitrogens with zero attached hydrogens (tertiary/aromatic N) is 5. The maximum Gasteiger partial charge on any atom is 0.131 e. The quantitative estimate of drug-likeness (QED) is 0.404. The molecule has 10 heteroatoms. The minimum Gasteiger partial charge on any atom is -0.377 e. The van der Waals surface area contributed by atoms with E-state index in [2.05, 4.69) is 43.3 Å². The monoisotopic (exact) mass is 493 g/mol. The van der Waals surface area contributed by atoms with Crippen LogP contribution in [0, 0.1) is 0 Å². The highest BCUT2D eigenvalue weighted by Gasteiger charge is 2.23. The SMILES string of the molecule is C[C@@H]1COCCN1c1cc(Cl)c2snc(-c3ccnn3PI)c2n1. The minimum absolute atomic E-state index is 0.274. The molecule has 0 aromatic carbocycles. The van der Waals surface area contributed by atoms with Crippen LogP contribution in [0.5, 0.6) is 0 Å². The topological polar surface area (TPSA) is 56.1 Å². The molecule has 3 aromatic rings. The summed E-state index contributed by atoms with van der Waals surface area (Å²) in [5, 5.41) is 5.04. The van der Waals surface area contributed by atoms with E-state index < -0.39 is 0 Å². The van der Waals surface area contributed by atoms with Gasteiger partial charge in [0.2, 0.25) is 0 Å². The second kappa shape index (κ2) is 6.99. The molecule has 1 unspecified atom stereocenters. The molecule has 126 valence electrons. The fourth-order valence-corrected chi connectivity index (χ4v) is 5.37. The van der Waals surface area contributed by atoms with Crippen LogP contribution in [0.1, 0.15) is 6.92 Å². The molecule has 0 saturated carbocycles. The number of hydrogen-bond acceptors (Lipinski definition) is 6. The molecule has 24 heavy (non-hydrogen) atoms. The molecule has 1 aliphatic heterocycles. The summed E-state index contributed by atoms with van der Waals surface area (Å²) < 4.78 is 13.0. The predicted molar refractivity (Wildman–Crippen MR) is 109 cm³/mol. The van der Waals surface area contributed by atoms with Gasteiger partial charge in [0.25, 0.3) is 0 Å². The van der Waals surface area contributed by atoms with E-state index >= 15 is 0 Å². The van der Waals surface area contributed by atoms with Gasteiger partial charge in [-0.3, -0.25) is 0 Å². The molecule has 0 radical (unpaired) electrons. The Bertz CT molecular complexity index is 887. The van der Waals surface area contributed by atoms with Crippen molar-refractivity contribution in [2.45, 2.75) is 13.0 Å². The van der Waals surface area contributed by atoms with E-state index in [1.165, 1.54) is 11.5 Å². The van der Waals surface area contributed by atoms with Gasteiger partial charge >= 0.3 is 0 Å². The average Bonchev–Trinajstić information content (AvgIpc) is 3.21. The number of pyridine rings is 1. The van der Waals surface area contributed by atoms with E-state index in [0.717, 1.165) is 34.0 Å². The Hall–Kier alpha value is -0.540. The normalized spacial score (nSPS) is 19.0. The van der Waals surface area contributed by atoms with E-state index in [1.54, 1.807) is 6.20 Å². The number of aromatic nitrogens is 4. The molecule has 0 bridgehead atoms. The zero-order chi connectivity index (χ0) is 16.7.